The standard InChI is InChI=1S/C9H21NP/c1-4-8-6-7-9(5-2)11(8,3)10/h8-9H,4-7,10H2,1-3H3/q+1/t8-,9-/m1/s1. The minimum atomic E-state index is -1.01. The van der Waals surface area contributed by atoms with Gasteiger partial charge in [-0.15, -0.1) is 0 Å². The second kappa shape index (κ2) is 3.41. The molecule has 1 aliphatic rings. The molecule has 66 valence electrons. The summed E-state index contributed by atoms with van der Waals surface area (Å²) in [5.74, 6) is 0. The van der Waals surface area contributed by atoms with Gasteiger partial charge in [-0.25, -0.2) is 5.50 Å². The molecule has 0 aromatic heterocycles. The smallest absolute Gasteiger partial charge is 0.0848 e. The van der Waals surface area contributed by atoms with E-state index < -0.39 is 7.41 Å². The first-order valence-electron chi connectivity index (χ1n) is 4.77. The lowest BCUT2D eigenvalue weighted by Crippen LogP contribution is -2.20. The molecule has 2 atom stereocenters. The molecule has 1 heterocycles. The average molecular weight is 174 g/mol. The predicted octanol–water partition coefficient (Wildman–Crippen LogP) is 2.86. The van der Waals surface area contributed by atoms with Crippen molar-refractivity contribution in [3.8, 4) is 0 Å². The molecular formula is C9H21NP+. The van der Waals surface area contributed by atoms with Crippen molar-refractivity contribution in [2.24, 2.45) is 5.50 Å². The van der Waals surface area contributed by atoms with E-state index in [2.05, 4.69) is 20.5 Å². The van der Waals surface area contributed by atoms with E-state index in [1.807, 2.05) is 0 Å². The summed E-state index contributed by atoms with van der Waals surface area (Å²) in [4.78, 5) is 0. The number of hydrogen-bond donors (Lipinski definition) is 1. The van der Waals surface area contributed by atoms with E-state index in [9.17, 15) is 0 Å². The summed E-state index contributed by atoms with van der Waals surface area (Å²) in [5.41, 5.74) is 8.16. The van der Waals surface area contributed by atoms with Crippen molar-refractivity contribution < 1.29 is 0 Å². The summed E-state index contributed by atoms with van der Waals surface area (Å²) in [6, 6.07) is 0. The first kappa shape index (κ1) is 9.48. The summed E-state index contributed by atoms with van der Waals surface area (Å²) in [6.07, 6.45) is 5.40. The van der Waals surface area contributed by atoms with Crippen LogP contribution in [-0.4, -0.2) is 18.0 Å². The lowest BCUT2D eigenvalue weighted by atomic mass is 10.1. The highest BCUT2D eigenvalue weighted by Gasteiger charge is 2.48. The fourth-order valence-corrected chi connectivity index (χ4v) is 6.01. The summed E-state index contributed by atoms with van der Waals surface area (Å²) < 4.78 is 0. The van der Waals surface area contributed by atoms with Crippen LogP contribution in [-0.2, 0) is 0 Å². The molecule has 1 saturated heterocycles. The molecule has 0 unspecified atom stereocenters. The van der Waals surface area contributed by atoms with E-state index in [-0.39, 0.29) is 0 Å². The molecule has 0 amide bonds. The molecule has 2 heteroatoms. The van der Waals surface area contributed by atoms with E-state index in [0.717, 1.165) is 11.3 Å². The Balaban J connectivity index is 2.64. The molecule has 1 nitrogen and oxygen atoms in total. The van der Waals surface area contributed by atoms with Crippen molar-refractivity contribution in [2.75, 3.05) is 6.66 Å². The second-order valence-electron chi connectivity index (χ2n) is 3.92. The van der Waals surface area contributed by atoms with Gasteiger partial charge < -0.3 is 0 Å². The monoisotopic (exact) mass is 174 g/mol. The van der Waals surface area contributed by atoms with Crippen LogP contribution in [0.25, 0.3) is 0 Å². The maximum absolute atomic E-state index is 6.40. The van der Waals surface area contributed by atoms with Gasteiger partial charge in [0.2, 0.25) is 0 Å². The van der Waals surface area contributed by atoms with Gasteiger partial charge in [-0.05, 0) is 25.7 Å². The third-order valence-corrected chi connectivity index (χ3v) is 7.74. The third kappa shape index (κ3) is 1.60. The topological polar surface area (TPSA) is 26.0 Å². The molecule has 0 aromatic carbocycles. The Kier molecular flexibility index (Phi) is 2.94. The van der Waals surface area contributed by atoms with Gasteiger partial charge in [0.05, 0.1) is 25.4 Å². The first-order valence-corrected chi connectivity index (χ1v) is 7.21. The molecule has 1 rings (SSSR count). The minimum Gasteiger partial charge on any atom is -0.205 e. The molecule has 11 heavy (non-hydrogen) atoms. The SMILES string of the molecule is CC[C@@H]1CC[C@@H](CC)[P+]1(C)N. The fourth-order valence-electron chi connectivity index (χ4n) is 2.43. The maximum atomic E-state index is 6.40. The minimum absolute atomic E-state index is 0.882. The Bertz CT molecular complexity index is 120. The number of nitrogens with two attached hydrogens (primary N) is 1. The molecule has 0 saturated carbocycles. The van der Waals surface area contributed by atoms with E-state index in [1.54, 1.807) is 0 Å². The zero-order chi connectivity index (χ0) is 8.48. The van der Waals surface area contributed by atoms with Crippen LogP contribution in [0.4, 0.5) is 0 Å². The second-order valence-corrected chi connectivity index (χ2v) is 7.83. The van der Waals surface area contributed by atoms with Crippen molar-refractivity contribution in [2.45, 2.75) is 50.8 Å². The van der Waals surface area contributed by atoms with Gasteiger partial charge >= 0.3 is 0 Å². The van der Waals surface area contributed by atoms with Crippen molar-refractivity contribution in [1.82, 2.24) is 0 Å². The quantitative estimate of drug-likeness (QED) is 0.640. The van der Waals surface area contributed by atoms with Gasteiger partial charge in [0.15, 0.2) is 0 Å². The molecule has 2 N–H and O–H groups in total. The van der Waals surface area contributed by atoms with E-state index in [4.69, 9.17) is 5.50 Å². The molecule has 1 fully saturated rings. The van der Waals surface area contributed by atoms with Gasteiger partial charge in [0.25, 0.3) is 0 Å². The highest BCUT2D eigenvalue weighted by Crippen LogP contribution is 2.65. The Morgan fingerprint density at radius 2 is 1.55 bits per heavy atom. The van der Waals surface area contributed by atoms with Crippen LogP contribution in [0.3, 0.4) is 0 Å². The molecule has 0 aromatic rings. The van der Waals surface area contributed by atoms with Crippen LogP contribution in [0.5, 0.6) is 0 Å². The van der Waals surface area contributed by atoms with Gasteiger partial charge in [-0.2, -0.15) is 0 Å². The summed E-state index contributed by atoms with van der Waals surface area (Å²) >= 11 is 0. The molecule has 0 aliphatic carbocycles. The largest absolute Gasteiger partial charge is 0.205 e. The lowest BCUT2D eigenvalue weighted by Gasteiger charge is -2.23. The summed E-state index contributed by atoms with van der Waals surface area (Å²) in [6.45, 7) is 6.92. The molecule has 0 radical (unpaired) electrons. The Morgan fingerprint density at radius 1 is 1.18 bits per heavy atom. The Labute approximate surface area is 71.1 Å². The third-order valence-electron chi connectivity index (χ3n) is 3.35. The van der Waals surface area contributed by atoms with Crippen LogP contribution in [0.15, 0.2) is 0 Å². The number of rotatable bonds is 2. The molecular weight excluding hydrogens is 153 g/mol. The van der Waals surface area contributed by atoms with Gasteiger partial charge in [0, 0.05) is 0 Å². The maximum Gasteiger partial charge on any atom is 0.0848 e. The van der Waals surface area contributed by atoms with Crippen LogP contribution < -0.4 is 5.50 Å². The van der Waals surface area contributed by atoms with Gasteiger partial charge in [0.1, 0.15) is 0 Å². The highest BCUT2D eigenvalue weighted by atomic mass is 31.2. The predicted molar refractivity (Wildman–Crippen MR) is 54.4 cm³/mol. The first-order chi connectivity index (χ1) is 5.12. The normalized spacial score (nSPS) is 36.0. The van der Waals surface area contributed by atoms with Gasteiger partial charge in [-0.1, -0.05) is 13.8 Å². The zero-order valence-electron chi connectivity index (χ0n) is 8.01. The van der Waals surface area contributed by atoms with Crippen molar-refractivity contribution in [1.29, 1.82) is 0 Å². The molecule has 1 aliphatic heterocycles. The lowest BCUT2D eigenvalue weighted by molar-refractivity contribution is 0.696. The summed E-state index contributed by atoms with van der Waals surface area (Å²) in [5, 5.41) is 0. The van der Waals surface area contributed by atoms with Crippen molar-refractivity contribution in [3.05, 3.63) is 0 Å². The molecule has 0 spiro atoms. The van der Waals surface area contributed by atoms with E-state index in [0.29, 0.717) is 0 Å². The zero-order valence-corrected chi connectivity index (χ0v) is 8.90. The molecule has 0 bridgehead atoms. The average Bonchev–Trinajstić information content (AvgIpc) is 2.24. The van der Waals surface area contributed by atoms with Crippen LogP contribution in [0.1, 0.15) is 39.5 Å². The van der Waals surface area contributed by atoms with E-state index in [1.165, 1.54) is 25.7 Å². The van der Waals surface area contributed by atoms with Crippen LogP contribution in [0.2, 0.25) is 0 Å². The van der Waals surface area contributed by atoms with Crippen LogP contribution >= 0.6 is 7.41 Å². The Hall–Kier alpha value is 0.390. The number of hydrogen-bond acceptors (Lipinski definition) is 1. The Morgan fingerprint density at radius 3 is 1.73 bits per heavy atom. The fraction of sp³-hybridized carbons (Fsp3) is 1.00. The van der Waals surface area contributed by atoms with Crippen molar-refractivity contribution >= 4 is 7.41 Å². The highest BCUT2D eigenvalue weighted by molar-refractivity contribution is 7.74. The summed E-state index contributed by atoms with van der Waals surface area (Å²) in [7, 11) is -1.01. The van der Waals surface area contributed by atoms with Crippen molar-refractivity contribution in [3.63, 3.8) is 0 Å². The van der Waals surface area contributed by atoms with E-state index >= 15 is 0 Å². The van der Waals surface area contributed by atoms with Gasteiger partial charge in [-0.3, -0.25) is 0 Å². The van der Waals surface area contributed by atoms with Crippen LogP contribution in [0, 0.1) is 0 Å².